The molecule has 20 heavy (non-hydrogen) atoms. The highest BCUT2D eigenvalue weighted by Crippen LogP contribution is 2.26. The molecule has 2 N–H and O–H groups in total. The van der Waals surface area contributed by atoms with Crippen LogP contribution in [0.25, 0.3) is 21.8 Å². The monoisotopic (exact) mass is 331 g/mol. The van der Waals surface area contributed by atoms with Crippen LogP contribution in [0.5, 0.6) is 0 Å². The van der Waals surface area contributed by atoms with E-state index in [9.17, 15) is 0 Å². The molecule has 0 spiro atoms. The van der Waals surface area contributed by atoms with Crippen molar-refractivity contribution in [3.63, 3.8) is 0 Å². The van der Waals surface area contributed by atoms with Crippen LogP contribution in [0.15, 0.2) is 34.8 Å². The summed E-state index contributed by atoms with van der Waals surface area (Å²) >= 11 is 3.51. The first-order valence-corrected chi connectivity index (χ1v) is 7.85. The molecule has 104 valence electrons. The molecule has 2 aromatic carbocycles. The molecule has 0 bridgehead atoms. The summed E-state index contributed by atoms with van der Waals surface area (Å²) in [5.41, 5.74) is 2.16. The molecule has 3 rings (SSSR count). The number of aromatic nitrogens is 2. The van der Waals surface area contributed by atoms with Gasteiger partial charge >= 0.3 is 0 Å². The summed E-state index contributed by atoms with van der Waals surface area (Å²) in [6, 6.07) is 10.6. The third kappa shape index (κ3) is 2.72. The van der Waals surface area contributed by atoms with Gasteiger partial charge in [0.15, 0.2) is 0 Å². The van der Waals surface area contributed by atoms with Gasteiger partial charge in [-0.05, 0) is 36.6 Å². The summed E-state index contributed by atoms with van der Waals surface area (Å²) in [7, 11) is 0. The van der Waals surface area contributed by atoms with E-state index in [2.05, 4.69) is 63.5 Å². The average molecular weight is 332 g/mol. The second-order valence-corrected chi connectivity index (χ2v) is 5.96. The molecule has 0 saturated heterocycles. The van der Waals surface area contributed by atoms with Crippen molar-refractivity contribution in [2.75, 3.05) is 6.54 Å². The lowest BCUT2D eigenvalue weighted by Gasteiger charge is -1.99. The van der Waals surface area contributed by atoms with Crippen LogP contribution in [-0.2, 0) is 6.54 Å². The van der Waals surface area contributed by atoms with Gasteiger partial charge in [0.05, 0.1) is 17.6 Å². The van der Waals surface area contributed by atoms with E-state index >= 15 is 0 Å². The molecule has 4 heteroatoms. The highest BCUT2D eigenvalue weighted by molar-refractivity contribution is 9.10. The maximum Gasteiger partial charge on any atom is 0.121 e. The first-order valence-electron chi connectivity index (χ1n) is 7.05. The van der Waals surface area contributed by atoms with E-state index in [0.29, 0.717) is 0 Å². The Morgan fingerprint density at radius 3 is 3.00 bits per heavy atom. The molecule has 0 amide bonds. The number of H-pyrrole nitrogens is 1. The summed E-state index contributed by atoms with van der Waals surface area (Å²) < 4.78 is 1.10. The van der Waals surface area contributed by atoms with E-state index in [1.54, 1.807) is 0 Å². The molecule has 3 aromatic rings. The maximum atomic E-state index is 4.73. The second kappa shape index (κ2) is 5.94. The number of hydrogen-bond donors (Lipinski definition) is 2. The van der Waals surface area contributed by atoms with Gasteiger partial charge in [-0.15, -0.1) is 0 Å². The Labute approximate surface area is 126 Å². The van der Waals surface area contributed by atoms with Gasteiger partial charge in [-0.3, -0.25) is 0 Å². The van der Waals surface area contributed by atoms with Crippen molar-refractivity contribution >= 4 is 37.7 Å². The van der Waals surface area contributed by atoms with Crippen LogP contribution < -0.4 is 5.32 Å². The Morgan fingerprint density at radius 1 is 1.25 bits per heavy atom. The van der Waals surface area contributed by atoms with E-state index < -0.39 is 0 Å². The number of benzene rings is 2. The number of nitrogens with one attached hydrogen (secondary N) is 2. The van der Waals surface area contributed by atoms with Gasteiger partial charge in [0.25, 0.3) is 0 Å². The number of rotatable bonds is 5. The quantitative estimate of drug-likeness (QED) is 0.681. The molecule has 0 aliphatic carbocycles. The molecule has 0 unspecified atom stereocenters. The topological polar surface area (TPSA) is 40.7 Å². The molecule has 0 saturated carbocycles. The molecule has 3 nitrogen and oxygen atoms in total. The highest BCUT2D eigenvalue weighted by Gasteiger charge is 2.06. The first-order chi connectivity index (χ1) is 9.78. The van der Waals surface area contributed by atoms with E-state index in [-0.39, 0.29) is 0 Å². The number of halogens is 1. The molecule has 0 aliphatic heterocycles. The van der Waals surface area contributed by atoms with Gasteiger partial charge in [0.1, 0.15) is 5.82 Å². The summed E-state index contributed by atoms with van der Waals surface area (Å²) in [6.07, 6.45) is 2.42. The van der Waals surface area contributed by atoms with Crippen molar-refractivity contribution in [3.05, 3.63) is 40.6 Å². The largest absolute Gasteiger partial charge is 0.341 e. The molecular weight excluding hydrogens is 314 g/mol. The van der Waals surface area contributed by atoms with Gasteiger partial charge < -0.3 is 10.3 Å². The minimum atomic E-state index is 0.798. The summed E-state index contributed by atoms with van der Waals surface area (Å²) in [5, 5.41) is 5.83. The summed E-state index contributed by atoms with van der Waals surface area (Å²) in [4.78, 5) is 8.13. The number of nitrogens with zero attached hydrogens (tertiary/aromatic N) is 1. The van der Waals surface area contributed by atoms with E-state index in [4.69, 9.17) is 4.98 Å². The predicted octanol–water partition coefficient (Wildman–Crippen LogP) is 4.37. The van der Waals surface area contributed by atoms with Crippen LogP contribution in [0.1, 0.15) is 25.6 Å². The van der Waals surface area contributed by atoms with Crippen molar-refractivity contribution in [1.29, 1.82) is 0 Å². The van der Waals surface area contributed by atoms with Crippen molar-refractivity contribution in [2.45, 2.75) is 26.3 Å². The van der Waals surface area contributed by atoms with E-state index in [0.717, 1.165) is 34.4 Å². The fourth-order valence-corrected chi connectivity index (χ4v) is 2.80. The molecule has 0 fully saturated rings. The van der Waals surface area contributed by atoms with Crippen molar-refractivity contribution in [2.24, 2.45) is 0 Å². The third-order valence-corrected chi connectivity index (χ3v) is 3.97. The second-order valence-electron chi connectivity index (χ2n) is 5.04. The summed E-state index contributed by atoms with van der Waals surface area (Å²) in [5.74, 6) is 1.01. The number of hydrogen-bond acceptors (Lipinski definition) is 2. The number of unbranched alkanes of at least 4 members (excludes halogenated alkanes) is 1. The van der Waals surface area contributed by atoms with Crippen molar-refractivity contribution in [1.82, 2.24) is 15.3 Å². The minimum absolute atomic E-state index is 0.798. The average Bonchev–Trinajstić information content (AvgIpc) is 2.86. The Kier molecular flexibility index (Phi) is 4.03. The zero-order valence-corrected chi connectivity index (χ0v) is 13.1. The lowest BCUT2D eigenvalue weighted by atomic mass is 10.1. The Morgan fingerprint density at radius 2 is 2.15 bits per heavy atom. The fraction of sp³-hybridized carbons (Fsp3) is 0.312. The number of fused-ring (bicyclic) bond motifs is 3. The smallest absolute Gasteiger partial charge is 0.121 e. The third-order valence-electron chi connectivity index (χ3n) is 3.48. The number of aromatic amines is 1. The SMILES string of the molecule is CCCCNCc1nc2c(ccc3cc(Br)ccc32)[nH]1. The van der Waals surface area contributed by atoms with E-state index in [1.165, 1.54) is 23.6 Å². The Hall–Kier alpha value is -1.39. The van der Waals surface area contributed by atoms with Gasteiger partial charge in [0.2, 0.25) is 0 Å². The van der Waals surface area contributed by atoms with Crippen LogP contribution in [0.3, 0.4) is 0 Å². The van der Waals surface area contributed by atoms with Gasteiger partial charge in [-0.1, -0.05) is 41.4 Å². The van der Waals surface area contributed by atoms with Crippen LogP contribution in [0.4, 0.5) is 0 Å². The molecule has 0 radical (unpaired) electrons. The van der Waals surface area contributed by atoms with Crippen LogP contribution >= 0.6 is 15.9 Å². The zero-order valence-electron chi connectivity index (χ0n) is 11.5. The zero-order chi connectivity index (χ0) is 13.9. The van der Waals surface area contributed by atoms with E-state index in [1.807, 2.05) is 0 Å². The van der Waals surface area contributed by atoms with Crippen LogP contribution in [0, 0.1) is 0 Å². The maximum absolute atomic E-state index is 4.73. The highest BCUT2D eigenvalue weighted by atomic mass is 79.9. The summed E-state index contributed by atoms with van der Waals surface area (Å²) in [6.45, 7) is 4.04. The van der Waals surface area contributed by atoms with Gasteiger partial charge in [0, 0.05) is 9.86 Å². The lowest BCUT2D eigenvalue weighted by Crippen LogP contribution is -2.15. The van der Waals surface area contributed by atoms with Gasteiger partial charge in [-0.2, -0.15) is 0 Å². The van der Waals surface area contributed by atoms with Crippen LogP contribution in [-0.4, -0.2) is 16.5 Å². The normalized spacial score (nSPS) is 11.5. The fourth-order valence-electron chi connectivity index (χ4n) is 2.42. The lowest BCUT2D eigenvalue weighted by molar-refractivity contribution is 0.627. The Balaban J connectivity index is 1.92. The minimum Gasteiger partial charge on any atom is -0.341 e. The standard InChI is InChI=1S/C16H18BrN3/c1-2-3-8-18-10-15-19-14-7-4-11-9-12(17)5-6-13(11)16(14)20-15/h4-7,9,18H,2-3,8,10H2,1H3,(H,19,20). The molecule has 0 atom stereocenters. The predicted molar refractivity (Wildman–Crippen MR) is 87.9 cm³/mol. The van der Waals surface area contributed by atoms with Crippen molar-refractivity contribution < 1.29 is 0 Å². The molecule has 1 heterocycles. The molecular formula is C16H18BrN3. The molecule has 1 aromatic heterocycles. The van der Waals surface area contributed by atoms with Gasteiger partial charge in [-0.25, -0.2) is 4.98 Å². The van der Waals surface area contributed by atoms with Crippen LogP contribution in [0.2, 0.25) is 0 Å². The first kappa shape index (κ1) is 13.6. The Bertz CT molecular complexity index is 733. The van der Waals surface area contributed by atoms with Crippen molar-refractivity contribution in [3.8, 4) is 0 Å². The number of imidazole rings is 1. The molecule has 0 aliphatic rings.